The largest absolute Gasteiger partial charge is 2.00 e. The van der Waals surface area contributed by atoms with Crippen LogP contribution in [0.4, 0.5) is 0 Å². The molecule has 0 aromatic heterocycles. The number of thiol groups is 2. The Morgan fingerprint density at radius 3 is 1.10 bits per heavy atom. The zero-order chi connectivity index (χ0) is 15.1. The molecule has 2 fully saturated rings. The predicted octanol–water partition coefficient (Wildman–Crippen LogP) is -1.71. The van der Waals surface area contributed by atoms with E-state index < -0.39 is 0 Å². The first-order valence-electron chi connectivity index (χ1n) is 6.73. The van der Waals surface area contributed by atoms with Gasteiger partial charge in [-0.1, -0.05) is 0 Å². The van der Waals surface area contributed by atoms with Crippen LogP contribution in [0.15, 0.2) is 0 Å². The second-order valence-electron chi connectivity index (χ2n) is 5.15. The summed E-state index contributed by atoms with van der Waals surface area (Å²) in [6.07, 6.45) is 0. The minimum absolute atomic E-state index is 0. The van der Waals surface area contributed by atoms with Crippen LogP contribution in [0.5, 0.6) is 0 Å². The van der Waals surface area contributed by atoms with Crippen molar-refractivity contribution >= 4 is 58.3 Å². The molecule has 9 heteroatoms. The van der Waals surface area contributed by atoms with Gasteiger partial charge in [0.15, 0.2) is 0 Å². The molecule has 0 N–H and O–H groups in total. The van der Waals surface area contributed by atoms with E-state index in [-0.39, 0.29) is 16.5 Å². The van der Waals surface area contributed by atoms with Crippen LogP contribution in [0.25, 0.3) is 0 Å². The fraction of sp³-hybridized carbons (Fsp3) is 0.833. The van der Waals surface area contributed by atoms with Crippen molar-refractivity contribution < 1.29 is 16.5 Å². The first-order chi connectivity index (χ1) is 9.40. The molecule has 0 spiro atoms. The van der Waals surface area contributed by atoms with Gasteiger partial charge in [-0.05, 0) is 14.1 Å². The van der Waals surface area contributed by atoms with Crippen LogP contribution in [-0.4, -0.2) is 94.7 Å². The van der Waals surface area contributed by atoms with Gasteiger partial charge in [-0.3, -0.25) is 9.80 Å². The van der Waals surface area contributed by atoms with E-state index in [4.69, 9.17) is 25.3 Å². The Bertz CT molecular complexity index is 297. The van der Waals surface area contributed by atoms with Crippen molar-refractivity contribution in [1.29, 1.82) is 0 Å². The van der Waals surface area contributed by atoms with Gasteiger partial charge in [0.1, 0.15) is 33.1 Å². The number of rotatable bonds is 0. The van der Waals surface area contributed by atoms with Gasteiger partial charge in [0.05, 0.1) is 0 Å². The molecule has 0 saturated carbocycles. The third-order valence-corrected chi connectivity index (χ3v) is 4.63. The number of piperazine rings is 2. The van der Waals surface area contributed by atoms with Gasteiger partial charge in [-0.15, -0.1) is 0 Å². The fourth-order valence-corrected chi connectivity index (χ4v) is 2.76. The number of hydrogen-bond acceptors (Lipinski definition) is 4. The van der Waals surface area contributed by atoms with E-state index in [1.807, 2.05) is 0 Å². The van der Waals surface area contributed by atoms with Gasteiger partial charge >= 0.3 is 16.5 Å². The van der Waals surface area contributed by atoms with E-state index in [2.05, 4.69) is 58.1 Å². The Labute approximate surface area is 160 Å². The van der Waals surface area contributed by atoms with Crippen molar-refractivity contribution in [2.24, 2.45) is 0 Å². The maximum atomic E-state index is 4.93. The minimum Gasteiger partial charge on any atom is -0.680 e. The van der Waals surface area contributed by atoms with Crippen molar-refractivity contribution in [3.63, 3.8) is 0 Å². The second-order valence-corrected chi connectivity index (χ2v) is 7.37. The third-order valence-electron chi connectivity index (χ3n) is 3.55. The zero-order valence-corrected chi connectivity index (χ0v) is 16.9. The zero-order valence-electron chi connectivity index (χ0n) is 12.5. The van der Waals surface area contributed by atoms with Crippen LogP contribution in [0.1, 0.15) is 0 Å². The Morgan fingerprint density at radius 2 is 0.905 bits per heavy atom. The summed E-state index contributed by atoms with van der Waals surface area (Å²) in [7, 11) is 4.25. The van der Waals surface area contributed by atoms with Gasteiger partial charge in [-0.25, -0.2) is 0 Å². The van der Waals surface area contributed by atoms with E-state index in [9.17, 15) is 0 Å². The summed E-state index contributed by atoms with van der Waals surface area (Å²) < 4.78 is 1.46. The van der Waals surface area contributed by atoms with Crippen molar-refractivity contribution in [1.82, 2.24) is 19.6 Å². The van der Waals surface area contributed by atoms with Crippen LogP contribution in [0, 0.1) is 0 Å². The van der Waals surface area contributed by atoms with Crippen molar-refractivity contribution in [2.75, 3.05) is 66.5 Å². The van der Waals surface area contributed by atoms with Gasteiger partial charge in [0.25, 0.3) is 0 Å². The molecule has 2 rings (SSSR count). The van der Waals surface area contributed by atoms with E-state index in [1.165, 1.54) is 0 Å². The first-order valence-corrected chi connectivity index (χ1v) is 8.44. The molecule has 2 saturated heterocycles. The monoisotopic (exact) mass is 410 g/mol. The van der Waals surface area contributed by atoms with Gasteiger partial charge < -0.3 is 35.1 Å². The van der Waals surface area contributed by atoms with Gasteiger partial charge in [0, 0.05) is 52.4 Å². The van der Waals surface area contributed by atoms with E-state index in [0.717, 1.165) is 61.0 Å². The maximum Gasteiger partial charge on any atom is 2.00 e. The molecule has 2 aliphatic rings. The molecule has 0 amide bonds. The summed E-state index contributed by atoms with van der Waals surface area (Å²) in [6, 6.07) is 0. The summed E-state index contributed by atoms with van der Waals surface area (Å²) >= 11 is 18.1. The predicted molar refractivity (Wildman–Crippen MR) is 100 cm³/mol. The van der Waals surface area contributed by atoms with Gasteiger partial charge in [-0.2, -0.15) is 0 Å². The SMILES string of the molecule is CN1CCN(C([S-])=[SH+])CC1.CN1CCN(C([S-])=[SH+])CC1.[Ni+2]. The molecule has 4 nitrogen and oxygen atoms in total. The number of nitrogens with zero attached hydrogens (tertiary/aromatic N) is 4. The smallest absolute Gasteiger partial charge is 0.680 e. The Hall–Kier alpha value is 1.21. The quantitative estimate of drug-likeness (QED) is 0.154. The van der Waals surface area contributed by atoms with Crippen LogP contribution >= 0.6 is 0 Å². The molecule has 2 aliphatic heterocycles. The standard InChI is InChI=1S/2C6H12N2S2.Ni/c2*1-7-2-4-8(5-3-7)6(9)10;/h2*2-5H2,1H3,(H,9,10);/q;;+2. The Kier molecular flexibility index (Phi) is 12.4. The molecular formula is C12H24N4NiS4+2. The molecule has 0 radical (unpaired) electrons. The summed E-state index contributed by atoms with van der Waals surface area (Å²) in [6.45, 7) is 8.50. The third kappa shape index (κ3) is 9.18. The molecule has 21 heavy (non-hydrogen) atoms. The molecule has 2 heterocycles. The van der Waals surface area contributed by atoms with E-state index in [0.29, 0.717) is 0 Å². The maximum absolute atomic E-state index is 4.93. The molecule has 0 unspecified atom stereocenters. The molecular weight excluding hydrogens is 387 g/mol. The van der Waals surface area contributed by atoms with Crippen molar-refractivity contribution in [3.8, 4) is 0 Å². The molecule has 0 aromatic rings. The Balaban J connectivity index is 0.000000364. The van der Waals surface area contributed by atoms with Crippen LogP contribution < -0.4 is 0 Å². The Morgan fingerprint density at radius 1 is 0.667 bits per heavy atom. The summed E-state index contributed by atoms with van der Waals surface area (Å²) in [5, 5.41) is 0. The number of likely N-dealkylation sites (N-methyl/N-ethyl adjacent to an activating group) is 2. The van der Waals surface area contributed by atoms with Crippen LogP contribution in [0.3, 0.4) is 0 Å². The van der Waals surface area contributed by atoms with Crippen molar-refractivity contribution in [2.45, 2.75) is 0 Å². The van der Waals surface area contributed by atoms with E-state index >= 15 is 0 Å². The fourth-order valence-electron chi connectivity index (χ4n) is 2.00. The van der Waals surface area contributed by atoms with Crippen LogP contribution in [0.2, 0.25) is 0 Å². The normalized spacial score (nSPS) is 21.9. The van der Waals surface area contributed by atoms with Crippen molar-refractivity contribution in [3.05, 3.63) is 0 Å². The molecule has 0 aliphatic carbocycles. The van der Waals surface area contributed by atoms with Gasteiger partial charge in [0.2, 0.25) is 0 Å². The second kappa shape index (κ2) is 11.7. The average Bonchev–Trinajstić information content (AvgIpc) is 2.40. The summed E-state index contributed by atoms with van der Waals surface area (Å²) in [5.74, 6) is 0. The van der Waals surface area contributed by atoms with E-state index in [1.54, 1.807) is 0 Å². The minimum atomic E-state index is 0. The molecule has 124 valence electrons. The molecule has 0 atom stereocenters. The summed E-state index contributed by atoms with van der Waals surface area (Å²) in [5.41, 5.74) is 0. The average molecular weight is 411 g/mol. The topological polar surface area (TPSA) is 13.0 Å². The molecule has 0 aromatic carbocycles. The summed E-state index contributed by atoms with van der Waals surface area (Å²) in [4.78, 5) is 8.84. The first kappa shape index (κ1) is 22.2. The van der Waals surface area contributed by atoms with Crippen LogP contribution in [-0.2, 0) is 66.2 Å². The number of hydrogen-bond donors (Lipinski definition) is 0. The molecule has 0 bridgehead atoms.